The van der Waals surface area contributed by atoms with E-state index in [9.17, 15) is 4.79 Å². The van der Waals surface area contributed by atoms with E-state index in [0.717, 1.165) is 13.0 Å². The SMILES string of the molecule is CC(C)N1CC(N2CCC2)CC1=O. The first kappa shape index (κ1) is 9.00. The maximum absolute atomic E-state index is 11.6. The number of amides is 1. The molecule has 3 nitrogen and oxygen atoms in total. The van der Waals surface area contributed by atoms with E-state index in [-0.39, 0.29) is 0 Å². The highest BCUT2D eigenvalue weighted by Gasteiger charge is 2.36. The number of nitrogens with zero attached hydrogens (tertiary/aromatic N) is 2. The van der Waals surface area contributed by atoms with Gasteiger partial charge >= 0.3 is 0 Å². The molecule has 2 aliphatic rings. The number of hydrogen-bond donors (Lipinski definition) is 0. The van der Waals surface area contributed by atoms with Crippen molar-refractivity contribution in [3.05, 3.63) is 0 Å². The summed E-state index contributed by atoms with van der Waals surface area (Å²) in [6, 6.07) is 0.891. The van der Waals surface area contributed by atoms with Crippen molar-refractivity contribution in [2.75, 3.05) is 19.6 Å². The molecule has 0 saturated carbocycles. The minimum Gasteiger partial charge on any atom is -0.339 e. The Bertz CT molecular complexity index is 211. The van der Waals surface area contributed by atoms with Crippen molar-refractivity contribution < 1.29 is 4.79 Å². The highest BCUT2D eigenvalue weighted by atomic mass is 16.2. The smallest absolute Gasteiger partial charge is 0.224 e. The van der Waals surface area contributed by atoms with E-state index < -0.39 is 0 Å². The summed E-state index contributed by atoms with van der Waals surface area (Å²) in [5, 5.41) is 0. The number of hydrogen-bond acceptors (Lipinski definition) is 2. The quantitative estimate of drug-likeness (QED) is 0.627. The van der Waals surface area contributed by atoms with Gasteiger partial charge in [-0.2, -0.15) is 0 Å². The van der Waals surface area contributed by atoms with Gasteiger partial charge in [-0.1, -0.05) is 0 Å². The van der Waals surface area contributed by atoms with Gasteiger partial charge in [0, 0.05) is 25.0 Å². The molecule has 0 aromatic rings. The molecule has 0 aliphatic carbocycles. The molecule has 2 saturated heterocycles. The van der Waals surface area contributed by atoms with E-state index in [2.05, 4.69) is 18.7 Å². The topological polar surface area (TPSA) is 23.6 Å². The van der Waals surface area contributed by atoms with Crippen molar-refractivity contribution >= 4 is 5.91 Å². The second-order valence-electron chi connectivity index (χ2n) is 4.39. The first-order valence-electron chi connectivity index (χ1n) is 5.22. The summed E-state index contributed by atoms with van der Waals surface area (Å²) in [6.07, 6.45) is 2.06. The molecule has 0 spiro atoms. The summed E-state index contributed by atoms with van der Waals surface area (Å²) in [5.74, 6) is 0.340. The lowest BCUT2D eigenvalue weighted by atomic mass is 10.1. The van der Waals surface area contributed by atoms with Gasteiger partial charge in [0.1, 0.15) is 0 Å². The summed E-state index contributed by atoms with van der Waals surface area (Å²) in [4.78, 5) is 16.0. The zero-order chi connectivity index (χ0) is 9.42. The van der Waals surface area contributed by atoms with Gasteiger partial charge in [-0.15, -0.1) is 0 Å². The molecule has 1 amide bonds. The van der Waals surface area contributed by atoms with Crippen LogP contribution in [0.15, 0.2) is 0 Å². The van der Waals surface area contributed by atoms with E-state index in [1.165, 1.54) is 19.5 Å². The Balaban J connectivity index is 1.93. The molecule has 0 aromatic heterocycles. The lowest BCUT2D eigenvalue weighted by Gasteiger charge is -2.36. The fraction of sp³-hybridized carbons (Fsp3) is 0.900. The zero-order valence-corrected chi connectivity index (χ0v) is 8.49. The molecule has 2 aliphatic heterocycles. The molecule has 0 N–H and O–H groups in total. The zero-order valence-electron chi connectivity index (χ0n) is 8.49. The fourth-order valence-electron chi connectivity index (χ4n) is 2.16. The number of rotatable bonds is 2. The summed E-state index contributed by atoms with van der Waals surface area (Å²) in [7, 11) is 0. The van der Waals surface area contributed by atoms with Crippen molar-refractivity contribution in [2.24, 2.45) is 0 Å². The van der Waals surface area contributed by atoms with Gasteiger partial charge in [-0.25, -0.2) is 0 Å². The van der Waals surface area contributed by atoms with Gasteiger partial charge in [0.15, 0.2) is 0 Å². The summed E-state index contributed by atoms with van der Waals surface area (Å²) in [6.45, 7) is 7.54. The Morgan fingerprint density at radius 2 is 2.08 bits per heavy atom. The van der Waals surface area contributed by atoms with E-state index in [1.807, 2.05) is 4.90 Å². The molecule has 2 heterocycles. The van der Waals surface area contributed by atoms with Crippen LogP contribution in [0.4, 0.5) is 0 Å². The number of likely N-dealkylation sites (tertiary alicyclic amines) is 2. The molecule has 0 aromatic carbocycles. The van der Waals surface area contributed by atoms with Crippen LogP contribution in [0.5, 0.6) is 0 Å². The Morgan fingerprint density at radius 1 is 1.38 bits per heavy atom. The Labute approximate surface area is 79.7 Å². The Kier molecular flexibility index (Phi) is 2.28. The standard InChI is InChI=1S/C10H18N2O/c1-8(2)12-7-9(6-10(12)13)11-4-3-5-11/h8-9H,3-7H2,1-2H3. The van der Waals surface area contributed by atoms with Gasteiger partial charge in [0.2, 0.25) is 5.91 Å². The first-order valence-corrected chi connectivity index (χ1v) is 5.22. The molecule has 0 radical (unpaired) electrons. The molecular formula is C10H18N2O. The summed E-state index contributed by atoms with van der Waals surface area (Å²) >= 11 is 0. The summed E-state index contributed by atoms with van der Waals surface area (Å²) in [5.41, 5.74) is 0. The van der Waals surface area contributed by atoms with Crippen molar-refractivity contribution in [3.63, 3.8) is 0 Å². The Morgan fingerprint density at radius 3 is 2.46 bits per heavy atom. The molecule has 2 fully saturated rings. The van der Waals surface area contributed by atoms with E-state index >= 15 is 0 Å². The molecule has 1 unspecified atom stereocenters. The molecule has 0 bridgehead atoms. The third-order valence-corrected chi connectivity index (χ3v) is 3.17. The van der Waals surface area contributed by atoms with Crippen LogP contribution in [0, 0.1) is 0 Å². The number of carbonyl (C=O) groups excluding carboxylic acids is 1. The monoisotopic (exact) mass is 182 g/mol. The predicted molar refractivity (Wildman–Crippen MR) is 51.4 cm³/mol. The van der Waals surface area contributed by atoms with Crippen LogP contribution in [0.1, 0.15) is 26.7 Å². The van der Waals surface area contributed by atoms with Crippen molar-refractivity contribution in [1.29, 1.82) is 0 Å². The normalized spacial score (nSPS) is 29.9. The van der Waals surface area contributed by atoms with Gasteiger partial charge in [0.25, 0.3) is 0 Å². The van der Waals surface area contributed by atoms with Crippen molar-refractivity contribution in [2.45, 2.75) is 38.8 Å². The maximum Gasteiger partial charge on any atom is 0.224 e. The van der Waals surface area contributed by atoms with Crippen LogP contribution in [0.2, 0.25) is 0 Å². The lowest BCUT2D eigenvalue weighted by molar-refractivity contribution is -0.129. The molecule has 74 valence electrons. The van der Waals surface area contributed by atoms with E-state index in [0.29, 0.717) is 18.0 Å². The van der Waals surface area contributed by atoms with Crippen molar-refractivity contribution in [3.8, 4) is 0 Å². The second-order valence-corrected chi connectivity index (χ2v) is 4.39. The molecule has 1 atom stereocenters. The molecular weight excluding hydrogens is 164 g/mol. The Hall–Kier alpha value is -0.570. The first-order chi connectivity index (χ1) is 6.18. The average Bonchev–Trinajstić information content (AvgIpc) is 2.27. The predicted octanol–water partition coefficient (Wildman–Crippen LogP) is 0.701. The second kappa shape index (κ2) is 3.29. The van der Waals surface area contributed by atoms with Crippen molar-refractivity contribution in [1.82, 2.24) is 9.80 Å². The van der Waals surface area contributed by atoms with Crippen LogP contribution in [0.3, 0.4) is 0 Å². The maximum atomic E-state index is 11.6. The molecule has 3 heteroatoms. The van der Waals surface area contributed by atoms with Crippen LogP contribution in [0.25, 0.3) is 0 Å². The lowest BCUT2D eigenvalue weighted by Crippen LogP contribution is -2.46. The highest BCUT2D eigenvalue weighted by molar-refractivity contribution is 5.79. The van der Waals surface area contributed by atoms with Crippen LogP contribution >= 0.6 is 0 Å². The average molecular weight is 182 g/mol. The largest absolute Gasteiger partial charge is 0.339 e. The summed E-state index contributed by atoms with van der Waals surface area (Å²) < 4.78 is 0. The van der Waals surface area contributed by atoms with Crippen LogP contribution in [-0.4, -0.2) is 47.4 Å². The third-order valence-electron chi connectivity index (χ3n) is 3.17. The molecule has 13 heavy (non-hydrogen) atoms. The van der Waals surface area contributed by atoms with Gasteiger partial charge in [-0.05, 0) is 33.4 Å². The van der Waals surface area contributed by atoms with E-state index in [1.54, 1.807) is 0 Å². The molecule has 2 rings (SSSR count). The minimum absolute atomic E-state index is 0.340. The highest BCUT2D eigenvalue weighted by Crippen LogP contribution is 2.22. The fourth-order valence-corrected chi connectivity index (χ4v) is 2.16. The third kappa shape index (κ3) is 1.57. The van der Waals surface area contributed by atoms with Crippen LogP contribution < -0.4 is 0 Å². The minimum atomic E-state index is 0.340. The van der Waals surface area contributed by atoms with Gasteiger partial charge < -0.3 is 4.90 Å². The van der Waals surface area contributed by atoms with Gasteiger partial charge in [0.05, 0.1) is 0 Å². The van der Waals surface area contributed by atoms with Gasteiger partial charge in [-0.3, -0.25) is 9.69 Å². The van der Waals surface area contributed by atoms with E-state index in [4.69, 9.17) is 0 Å². The van der Waals surface area contributed by atoms with Crippen LogP contribution in [-0.2, 0) is 4.79 Å². The number of carbonyl (C=O) groups is 1.